The monoisotopic (exact) mass is 554 g/mol. The lowest BCUT2D eigenvalue weighted by molar-refractivity contribution is -0.0365. The molecule has 3 aromatic carbocycles. The molecular weight excluding hydrogens is 512 g/mol. The van der Waals surface area contributed by atoms with E-state index in [2.05, 4.69) is 60.5 Å². The summed E-state index contributed by atoms with van der Waals surface area (Å²) in [6.45, 7) is 10.1. The van der Waals surface area contributed by atoms with Crippen molar-refractivity contribution in [3.63, 3.8) is 0 Å². The highest BCUT2D eigenvalue weighted by Crippen LogP contribution is 2.35. The first-order valence-electron chi connectivity index (χ1n) is 15.4. The molecule has 3 heterocycles. The van der Waals surface area contributed by atoms with Crippen LogP contribution in [0.5, 0.6) is 5.75 Å². The molecule has 3 unspecified atom stereocenters. The van der Waals surface area contributed by atoms with Crippen molar-refractivity contribution in [2.24, 2.45) is 0 Å². The summed E-state index contributed by atoms with van der Waals surface area (Å²) in [6, 6.07) is 19.3. The predicted octanol–water partition coefficient (Wildman–Crippen LogP) is 6.95. The van der Waals surface area contributed by atoms with Crippen LogP contribution in [0.1, 0.15) is 75.9 Å². The van der Waals surface area contributed by atoms with Crippen LogP contribution >= 0.6 is 0 Å². The highest BCUT2D eigenvalue weighted by molar-refractivity contribution is 6.02. The SMILES string of the molecule is CCC(C)NC(=O)c1ccc2c(c1)c(-c1ccc3cc(OCC4CCCN4CC)ccc3c1)nn2C1CCCCO1. The number of nitrogens with one attached hydrogen (secondary N) is 1. The van der Waals surface area contributed by atoms with Crippen molar-refractivity contribution in [2.45, 2.75) is 77.6 Å². The highest BCUT2D eigenvalue weighted by atomic mass is 16.5. The molecule has 0 radical (unpaired) electrons. The third kappa shape index (κ3) is 5.84. The number of rotatable bonds is 9. The van der Waals surface area contributed by atoms with Gasteiger partial charge in [-0.25, -0.2) is 4.68 Å². The van der Waals surface area contributed by atoms with Gasteiger partial charge < -0.3 is 14.8 Å². The van der Waals surface area contributed by atoms with Crippen LogP contribution in [0.25, 0.3) is 32.9 Å². The molecule has 4 aromatic rings. The second-order valence-corrected chi connectivity index (χ2v) is 11.6. The van der Waals surface area contributed by atoms with E-state index in [-0.39, 0.29) is 18.2 Å². The minimum atomic E-state index is -0.0940. The molecule has 2 aliphatic rings. The molecule has 3 atom stereocenters. The maximum atomic E-state index is 13.0. The van der Waals surface area contributed by atoms with Crippen LogP contribution in [0.4, 0.5) is 0 Å². The van der Waals surface area contributed by atoms with E-state index in [0.29, 0.717) is 11.6 Å². The number of carbonyl (C=O) groups excluding carboxylic acids is 1. The van der Waals surface area contributed by atoms with Crippen molar-refractivity contribution in [1.29, 1.82) is 0 Å². The molecule has 2 saturated heterocycles. The van der Waals surface area contributed by atoms with Gasteiger partial charge in [-0.1, -0.05) is 32.0 Å². The number of likely N-dealkylation sites (N-methyl/N-ethyl adjacent to an activating group) is 1. The summed E-state index contributed by atoms with van der Waals surface area (Å²) in [5.41, 5.74) is 3.53. The van der Waals surface area contributed by atoms with Gasteiger partial charge in [0, 0.05) is 35.2 Å². The van der Waals surface area contributed by atoms with E-state index in [1.165, 1.54) is 19.4 Å². The zero-order valence-corrected chi connectivity index (χ0v) is 24.6. The molecule has 0 spiro atoms. The zero-order valence-electron chi connectivity index (χ0n) is 24.6. The first-order chi connectivity index (χ1) is 20.0. The molecule has 1 aromatic heterocycles. The minimum absolute atomic E-state index is 0.0560. The second kappa shape index (κ2) is 12.2. The fraction of sp³-hybridized carbons (Fsp3) is 0.471. The normalized spacial score (nSPS) is 20.5. The van der Waals surface area contributed by atoms with Gasteiger partial charge >= 0.3 is 0 Å². The van der Waals surface area contributed by atoms with E-state index in [9.17, 15) is 4.79 Å². The van der Waals surface area contributed by atoms with Crippen LogP contribution in [-0.2, 0) is 4.74 Å². The number of amides is 1. The molecule has 7 heteroatoms. The summed E-state index contributed by atoms with van der Waals surface area (Å²) < 4.78 is 14.4. The van der Waals surface area contributed by atoms with Crippen LogP contribution < -0.4 is 10.1 Å². The van der Waals surface area contributed by atoms with Crippen LogP contribution in [0.15, 0.2) is 54.6 Å². The van der Waals surface area contributed by atoms with Gasteiger partial charge in [0.1, 0.15) is 18.1 Å². The second-order valence-electron chi connectivity index (χ2n) is 11.6. The van der Waals surface area contributed by atoms with E-state index >= 15 is 0 Å². The Labute approximate surface area is 242 Å². The molecule has 2 fully saturated rings. The average molecular weight is 555 g/mol. The van der Waals surface area contributed by atoms with E-state index < -0.39 is 0 Å². The fourth-order valence-corrected chi connectivity index (χ4v) is 6.19. The Hall–Kier alpha value is -3.42. The number of carbonyl (C=O) groups is 1. The lowest BCUT2D eigenvalue weighted by Gasteiger charge is -2.23. The van der Waals surface area contributed by atoms with Gasteiger partial charge in [-0.15, -0.1) is 0 Å². The quantitative estimate of drug-likeness (QED) is 0.243. The van der Waals surface area contributed by atoms with Crippen molar-refractivity contribution in [3.05, 3.63) is 60.2 Å². The third-order valence-electron chi connectivity index (χ3n) is 8.82. The Bertz CT molecular complexity index is 1520. The summed E-state index contributed by atoms with van der Waals surface area (Å²) >= 11 is 0. The molecule has 41 heavy (non-hydrogen) atoms. The van der Waals surface area contributed by atoms with Crippen LogP contribution in [-0.4, -0.2) is 59.0 Å². The number of likely N-dealkylation sites (tertiary alicyclic amines) is 1. The number of ether oxygens (including phenoxy) is 2. The van der Waals surface area contributed by atoms with Gasteiger partial charge in [-0.3, -0.25) is 9.69 Å². The summed E-state index contributed by atoms with van der Waals surface area (Å²) in [6.07, 6.45) is 6.39. The largest absolute Gasteiger partial charge is 0.492 e. The summed E-state index contributed by atoms with van der Waals surface area (Å²) in [7, 11) is 0. The summed E-state index contributed by atoms with van der Waals surface area (Å²) in [4.78, 5) is 15.5. The lowest BCUT2D eigenvalue weighted by Crippen LogP contribution is -2.33. The maximum Gasteiger partial charge on any atom is 0.251 e. The number of benzene rings is 3. The van der Waals surface area contributed by atoms with Crippen molar-refractivity contribution in [1.82, 2.24) is 20.0 Å². The molecule has 0 saturated carbocycles. The first kappa shape index (κ1) is 27.7. The topological polar surface area (TPSA) is 68.6 Å². The fourth-order valence-electron chi connectivity index (χ4n) is 6.19. The molecular formula is C34H42N4O3. The smallest absolute Gasteiger partial charge is 0.251 e. The van der Waals surface area contributed by atoms with Gasteiger partial charge in [0.2, 0.25) is 0 Å². The number of nitrogens with zero attached hydrogens (tertiary/aromatic N) is 3. The number of hydrogen-bond acceptors (Lipinski definition) is 5. The molecule has 0 bridgehead atoms. The molecule has 7 nitrogen and oxygen atoms in total. The Morgan fingerprint density at radius 1 is 1.05 bits per heavy atom. The Kier molecular flexibility index (Phi) is 8.26. The van der Waals surface area contributed by atoms with Gasteiger partial charge in [-0.05, 0) is 106 Å². The van der Waals surface area contributed by atoms with E-state index in [1.807, 2.05) is 29.8 Å². The van der Waals surface area contributed by atoms with Crippen molar-refractivity contribution in [3.8, 4) is 17.0 Å². The van der Waals surface area contributed by atoms with E-state index in [1.54, 1.807) is 0 Å². The lowest BCUT2D eigenvalue weighted by atomic mass is 10.0. The van der Waals surface area contributed by atoms with Gasteiger partial charge in [-0.2, -0.15) is 5.10 Å². The third-order valence-corrected chi connectivity index (χ3v) is 8.82. The van der Waals surface area contributed by atoms with Gasteiger partial charge in [0.15, 0.2) is 6.23 Å². The van der Waals surface area contributed by atoms with Crippen LogP contribution in [0.2, 0.25) is 0 Å². The average Bonchev–Trinajstić information content (AvgIpc) is 3.64. The number of aromatic nitrogens is 2. The van der Waals surface area contributed by atoms with E-state index in [0.717, 1.165) is 84.1 Å². The zero-order chi connectivity index (χ0) is 28.3. The van der Waals surface area contributed by atoms with Crippen LogP contribution in [0, 0.1) is 0 Å². The standard InChI is InChI=1S/C34H42N4O3/c1-4-23(3)35-34(39)27-14-16-31-30(21-27)33(36-38(31)32-10-6-7-18-40-32)26-12-11-25-20-29(15-13-24(25)19-26)41-22-28-9-8-17-37(28)5-2/h11-16,19-21,23,28,32H,4-10,17-18,22H2,1-3H3,(H,35,39). The van der Waals surface area contributed by atoms with E-state index in [4.69, 9.17) is 14.6 Å². The van der Waals surface area contributed by atoms with Crippen molar-refractivity contribution < 1.29 is 14.3 Å². The Balaban J connectivity index is 1.32. The van der Waals surface area contributed by atoms with Gasteiger partial charge in [0.05, 0.1) is 5.52 Å². The van der Waals surface area contributed by atoms with Crippen molar-refractivity contribution >= 4 is 27.6 Å². The summed E-state index contributed by atoms with van der Waals surface area (Å²) in [5, 5.41) is 11.4. The summed E-state index contributed by atoms with van der Waals surface area (Å²) in [5.74, 6) is 0.855. The Morgan fingerprint density at radius 2 is 1.90 bits per heavy atom. The number of hydrogen-bond donors (Lipinski definition) is 1. The molecule has 1 N–H and O–H groups in total. The van der Waals surface area contributed by atoms with Crippen molar-refractivity contribution in [2.75, 3.05) is 26.3 Å². The molecule has 2 aliphatic heterocycles. The molecule has 6 rings (SSSR count). The maximum absolute atomic E-state index is 13.0. The minimum Gasteiger partial charge on any atom is -0.492 e. The highest BCUT2D eigenvalue weighted by Gasteiger charge is 2.24. The Morgan fingerprint density at radius 3 is 2.71 bits per heavy atom. The first-order valence-corrected chi connectivity index (χ1v) is 15.4. The molecule has 1 amide bonds. The van der Waals surface area contributed by atoms with Crippen LogP contribution in [0.3, 0.4) is 0 Å². The van der Waals surface area contributed by atoms with Gasteiger partial charge in [0.25, 0.3) is 5.91 Å². The molecule has 0 aliphatic carbocycles. The molecule has 216 valence electrons. The number of fused-ring (bicyclic) bond motifs is 2. The predicted molar refractivity (Wildman–Crippen MR) is 164 cm³/mol.